The Morgan fingerprint density at radius 2 is 2.40 bits per heavy atom. The van der Waals surface area contributed by atoms with E-state index in [4.69, 9.17) is 0 Å². The van der Waals surface area contributed by atoms with Gasteiger partial charge in [0, 0.05) is 25.2 Å². The quantitative estimate of drug-likeness (QED) is 0.642. The number of nitrogens with one attached hydrogen (secondary N) is 2. The van der Waals surface area contributed by atoms with Crippen LogP contribution in [-0.2, 0) is 4.79 Å². The van der Waals surface area contributed by atoms with Gasteiger partial charge in [0.1, 0.15) is 6.04 Å². The topological polar surface area (TPSA) is 44.4 Å². The molecule has 1 heterocycles. The van der Waals surface area contributed by atoms with Gasteiger partial charge in [0.15, 0.2) is 0 Å². The van der Waals surface area contributed by atoms with Crippen molar-refractivity contribution in [1.29, 1.82) is 0 Å². The molecule has 2 N–H and O–H groups in total. The van der Waals surface area contributed by atoms with Gasteiger partial charge in [-0.25, -0.2) is 0 Å². The van der Waals surface area contributed by atoms with E-state index in [0.717, 1.165) is 6.54 Å². The molecule has 1 atom stereocenters. The normalized spacial score (nSPS) is 26.1. The fraction of sp³-hybridized carbons (Fsp3) is 0.727. The van der Waals surface area contributed by atoms with E-state index in [-0.39, 0.29) is 17.5 Å². The molecule has 86 valence electrons. The fourth-order valence-corrected chi connectivity index (χ4v) is 2.00. The van der Waals surface area contributed by atoms with Crippen molar-refractivity contribution in [3.05, 3.63) is 12.7 Å². The molecule has 0 aromatic rings. The largest absolute Gasteiger partial charge is 0.353 e. The highest BCUT2D eigenvalue weighted by Gasteiger charge is 2.39. The average molecular weight is 211 g/mol. The standard InChI is InChI=1S/C11H21N3O/c1-5-6-14-9(7-12-4)10(15)13-8-11(14,2)3/h5,9,12H,1,6-8H2,2-4H3,(H,13,15). The van der Waals surface area contributed by atoms with Crippen LogP contribution in [0.1, 0.15) is 13.8 Å². The first-order valence-corrected chi connectivity index (χ1v) is 5.33. The molecule has 1 aliphatic heterocycles. The number of carbonyl (C=O) groups excluding carboxylic acids is 1. The third kappa shape index (κ3) is 2.58. The highest BCUT2D eigenvalue weighted by molar-refractivity contribution is 5.83. The van der Waals surface area contributed by atoms with Crippen LogP contribution in [0.5, 0.6) is 0 Å². The van der Waals surface area contributed by atoms with E-state index in [0.29, 0.717) is 13.1 Å². The molecule has 1 rings (SSSR count). The number of rotatable bonds is 4. The van der Waals surface area contributed by atoms with Crippen LogP contribution in [0.15, 0.2) is 12.7 Å². The summed E-state index contributed by atoms with van der Waals surface area (Å²) in [5.74, 6) is 0.102. The van der Waals surface area contributed by atoms with Crippen LogP contribution in [0, 0.1) is 0 Å². The van der Waals surface area contributed by atoms with Gasteiger partial charge in [0.2, 0.25) is 5.91 Å². The Kier molecular flexibility index (Phi) is 3.88. The lowest BCUT2D eigenvalue weighted by molar-refractivity contribution is -0.133. The second kappa shape index (κ2) is 4.77. The number of carbonyl (C=O) groups is 1. The SMILES string of the molecule is C=CCN1C(CNC)C(=O)NCC1(C)C. The van der Waals surface area contributed by atoms with E-state index < -0.39 is 0 Å². The molecule has 0 saturated carbocycles. The summed E-state index contributed by atoms with van der Waals surface area (Å²) in [4.78, 5) is 13.9. The third-order valence-electron chi connectivity index (χ3n) is 2.87. The van der Waals surface area contributed by atoms with Gasteiger partial charge in [0.25, 0.3) is 0 Å². The zero-order chi connectivity index (χ0) is 11.5. The van der Waals surface area contributed by atoms with Crippen LogP contribution < -0.4 is 10.6 Å². The molecule has 1 aliphatic rings. The maximum atomic E-state index is 11.7. The minimum absolute atomic E-state index is 0.0103. The van der Waals surface area contributed by atoms with Crippen LogP contribution >= 0.6 is 0 Å². The Morgan fingerprint density at radius 3 is 2.93 bits per heavy atom. The molecule has 0 aromatic heterocycles. The summed E-state index contributed by atoms with van der Waals surface area (Å²) >= 11 is 0. The van der Waals surface area contributed by atoms with Gasteiger partial charge in [-0.15, -0.1) is 6.58 Å². The Balaban J connectivity index is 2.84. The van der Waals surface area contributed by atoms with Crippen LogP contribution in [0.4, 0.5) is 0 Å². The second-order valence-electron chi connectivity index (χ2n) is 4.54. The predicted molar refractivity (Wildman–Crippen MR) is 61.7 cm³/mol. The van der Waals surface area contributed by atoms with Gasteiger partial charge >= 0.3 is 0 Å². The van der Waals surface area contributed by atoms with E-state index in [1.807, 2.05) is 13.1 Å². The zero-order valence-corrected chi connectivity index (χ0v) is 9.84. The minimum atomic E-state index is -0.100. The van der Waals surface area contributed by atoms with Gasteiger partial charge < -0.3 is 10.6 Å². The summed E-state index contributed by atoms with van der Waals surface area (Å²) in [7, 11) is 1.86. The summed E-state index contributed by atoms with van der Waals surface area (Å²) in [6.07, 6.45) is 1.85. The molecule has 0 bridgehead atoms. The number of nitrogens with zero attached hydrogens (tertiary/aromatic N) is 1. The first-order valence-electron chi connectivity index (χ1n) is 5.33. The molecule has 1 unspecified atom stereocenters. The lowest BCUT2D eigenvalue weighted by atomic mass is 9.95. The van der Waals surface area contributed by atoms with E-state index in [2.05, 4.69) is 36.0 Å². The average Bonchev–Trinajstić information content (AvgIpc) is 2.18. The Labute approximate surface area is 91.7 Å². The molecular formula is C11H21N3O. The molecule has 0 radical (unpaired) electrons. The molecule has 0 spiro atoms. The summed E-state index contributed by atoms with van der Waals surface area (Å²) in [5, 5.41) is 6.00. The van der Waals surface area contributed by atoms with Gasteiger partial charge in [-0.05, 0) is 20.9 Å². The number of likely N-dealkylation sites (N-methyl/N-ethyl adjacent to an activating group) is 1. The molecule has 4 nitrogen and oxygen atoms in total. The molecule has 1 amide bonds. The van der Waals surface area contributed by atoms with E-state index in [9.17, 15) is 4.79 Å². The first-order chi connectivity index (χ1) is 7.03. The van der Waals surface area contributed by atoms with Gasteiger partial charge in [0.05, 0.1) is 0 Å². The van der Waals surface area contributed by atoms with E-state index >= 15 is 0 Å². The third-order valence-corrected chi connectivity index (χ3v) is 2.87. The van der Waals surface area contributed by atoms with Crippen molar-refractivity contribution in [3.8, 4) is 0 Å². The summed E-state index contributed by atoms with van der Waals surface area (Å²) in [6, 6.07) is -0.100. The highest BCUT2D eigenvalue weighted by atomic mass is 16.2. The van der Waals surface area contributed by atoms with Crippen molar-refractivity contribution < 1.29 is 4.79 Å². The van der Waals surface area contributed by atoms with Gasteiger partial charge in [-0.3, -0.25) is 9.69 Å². The first kappa shape index (κ1) is 12.2. The number of amides is 1. The molecule has 15 heavy (non-hydrogen) atoms. The fourth-order valence-electron chi connectivity index (χ4n) is 2.00. The van der Waals surface area contributed by atoms with Crippen LogP contribution in [-0.4, -0.2) is 49.1 Å². The Hall–Kier alpha value is -0.870. The Morgan fingerprint density at radius 1 is 1.73 bits per heavy atom. The molecular weight excluding hydrogens is 190 g/mol. The van der Waals surface area contributed by atoms with Crippen LogP contribution in [0.3, 0.4) is 0 Å². The monoisotopic (exact) mass is 211 g/mol. The van der Waals surface area contributed by atoms with Gasteiger partial charge in [-0.2, -0.15) is 0 Å². The number of hydrogen-bond acceptors (Lipinski definition) is 3. The second-order valence-corrected chi connectivity index (χ2v) is 4.54. The molecule has 1 saturated heterocycles. The van der Waals surface area contributed by atoms with Crippen LogP contribution in [0.25, 0.3) is 0 Å². The number of piperazine rings is 1. The number of hydrogen-bond donors (Lipinski definition) is 2. The Bertz CT molecular complexity index is 250. The van der Waals surface area contributed by atoms with Crippen molar-refractivity contribution >= 4 is 5.91 Å². The summed E-state index contributed by atoms with van der Waals surface area (Å²) < 4.78 is 0. The zero-order valence-electron chi connectivity index (χ0n) is 9.84. The molecule has 1 fully saturated rings. The van der Waals surface area contributed by atoms with E-state index in [1.54, 1.807) is 0 Å². The summed E-state index contributed by atoms with van der Waals surface area (Å²) in [6.45, 7) is 10.1. The van der Waals surface area contributed by atoms with Gasteiger partial charge in [-0.1, -0.05) is 6.08 Å². The smallest absolute Gasteiger partial charge is 0.238 e. The predicted octanol–water partition coefficient (Wildman–Crippen LogP) is -0.0292. The maximum Gasteiger partial charge on any atom is 0.238 e. The van der Waals surface area contributed by atoms with Crippen molar-refractivity contribution in [2.75, 3.05) is 26.7 Å². The molecule has 0 aromatic carbocycles. The lowest BCUT2D eigenvalue weighted by Crippen LogP contribution is -2.67. The van der Waals surface area contributed by atoms with Crippen molar-refractivity contribution in [3.63, 3.8) is 0 Å². The molecule has 4 heteroatoms. The van der Waals surface area contributed by atoms with E-state index in [1.165, 1.54) is 0 Å². The minimum Gasteiger partial charge on any atom is -0.353 e. The lowest BCUT2D eigenvalue weighted by Gasteiger charge is -2.46. The summed E-state index contributed by atoms with van der Waals surface area (Å²) in [5.41, 5.74) is -0.0103. The van der Waals surface area contributed by atoms with Crippen molar-refractivity contribution in [2.45, 2.75) is 25.4 Å². The van der Waals surface area contributed by atoms with Crippen molar-refractivity contribution in [2.24, 2.45) is 0 Å². The van der Waals surface area contributed by atoms with Crippen LogP contribution in [0.2, 0.25) is 0 Å². The molecule has 0 aliphatic carbocycles. The highest BCUT2D eigenvalue weighted by Crippen LogP contribution is 2.20. The van der Waals surface area contributed by atoms with Crippen molar-refractivity contribution in [1.82, 2.24) is 15.5 Å². The maximum absolute atomic E-state index is 11.7.